The first-order chi connectivity index (χ1) is 14.5. The summed E-state index contributed by atoms with van der Waals surface area (Å²) in [5.74, 6) is 2.96. The van der Waals surface area contributed by atoms with Crippen LogP contribution in [-0.2, 0) is 4.74 Å². The summed E-state index contributed by atoms with van der Waals surface area (Å²) in [6, 6.07) is 7.84. The summed E-state index contributed by atoms with van der Waals surface area (Å²) >= 11 is 0. The van der Waals surface area contributed by atoms with Gasteiger partial charge in [0.1, 0.15) is 5.75 Å². The second kappa shape index (κ2) is 7.80. The molecule has 30 heavy (non-hydrogen) atoms. The van der Waals surface area contributed by atoms with E-state index in [9.17, 15) is 0 Å². The van der Waals surface area contributed by atoms with E-state index in [1.165, 1.54) is 0 Å². The minimum absolute atomic E-state index is 0.0203. The fourth-order valence-electron chi connectivity index (χ4n) is 4.35. The summed E-state index contributed by atoms with van der Waals surface area (Å²) in [6.45, 7) is 6.79. The van der Waals surface area contributed by atoms with Crippen LogP contribution in [0.5, 0.6) is 34.5 Å². The van der Waals surface area contributed by atoms with E-state index < -0.39 is 5.79 Å². The first kappa shape index (κ1) is 20.5. The van der Waals surface area contributed by atoms with E-state index in [-0.39, 0.29) is 18.6 Å². The van der Waals surface area contributed by atoms with Crippen molar-refractivity contribution in [2.24, 2.45) is 5.92 Å². The van der Waals surface area contributed by atoms with Gasteiger partial charge in [0.2, 0.25) is 18.3 Å². The average Bonchev–Trinajstić information content (AvgIpc) is 3.19. The zero-order valence-electron chi connectivity index (χ0n) is 18.2. The summed E-state index contributed by atoms with van der Waals surface area (Å²) in [5.41, 5.74) is 2.00. The van der Waals surface area contributed by atoms with Gasteiger partial charge in [-0.1, -0.05) is 6.92 Å². The molecule has 0 aliphatic carbocycles. The Balaban J connectivity index is 1.92. The van der Waals surface area contributed by atoms with Gasteiger partial charge in [0.15, 0.2) is 23.0 Å². The Bertz CT molecular complexity index is 916. The van der Waals surface area contributed by atoms with Gasteiger partial charge in [-0.25, -0.2) is 0 Å². The number of hydrogen-bond donors (Lipinski definition) is 0. The standard InChI is InChI=1S/C23H28O7/c1-7-29-23(3)13(2)21(14-8-19(24-4)22(26-6)20(9-14)25-5)15-10-17-18(28-12-27-17)11-16(15)30-23/h8-11,13,21H,7,12H2,1-6H3/t13-,21+,23+/m0/s1. The lowest BCUT2D eigenvalue weighted by atomic mass is 9.75. The van der Waals surface area contributed by atoms with E-state index in [1.54, 1.807) is 21.3 Å². The first-order valence-corrected chi connectivity index (χ1v) is 10.0. The van der Waals surface area contributed by atoms with Crippen molar-refractivity contribution in [1.29, 1.82) is 0 Å². The third-order valence-electron chi connectivity index (χ3n) is 5.96. The molecule has 0 aromatic heterocycles. The van der Waals surface area contributed by atoms with Crippen LogP contribution in [0.25, 0.3) is 0 Å². The van der Waals surface area contributed by atoms with Crippen molar-refractivity contribution < 1.29 is 33.2 Å². The minimum atomic E-state index is -0.819. The molecule has 0 unspecified atom stereocenters. The van der Waals surface area contributed by atoms with Crippen LogP contribution >= 0.6 is 0 Å². The predicted molar refractivity (Wildman–Crippen MR) is 110 cm³/mol. The van der Waals surface area contributed by atoms with Crippen LogP contribution in [0.15, 0.2) is 24.3 Å². The molecule has 3 atom stereocenters. The first-order valence-electron chi connectivity index (χ1n) is 10.0. The van der Waals surface area contributed by atoms with Crippen molar-refractivity contribution in [3.05, 3.63) is 35.4 Å². The van der Waals surface area contributed by atoms with E-state index in [1.807, 2.05) is 38.1 Å². The van der Waals surface area contributed by atoms with Gasteiger partial charge in [-0.05, 0) is 30.7 Å². The summed E-state index contributed by atoms with van der Waals surface area (Å²) in [6.07, 6.45) is 0. The lowest BCUT2D eigenvalue weighted by molar-refractivity contribution is -0.209. The molecule has 7 nitrogen and oxygen atoms in total. The van der Waals surface area contributed by atoms with Gasteiger partial charge in [-0.3, -0.25) is 0 Å². The van der Waals surface area contributed by atoms with E-state index in [2.05, 4.69) is 6.92 Å². The van der Waals surface area contributed by atoms with E-state index in [4.69, 9.17) is 33.2 Å². The minimum Gasteiger partial charge on any atom is -0.493 e. The maximum absolute atomic E-state index is 6.36. The molecule has 4 rings (SSSR count). The van der Waals surface area contributed by atoms with E-state index >= 15 is 0 Å². The molecule has 2 aromatic carbocycles. The van der Waals surface area contributed by atoms with Crippen LogP contribution in [0.4, 0.5) is 0 Å². The summed E-state index contributed by atoms with van der Waals surface area (Å²) in [4.78, 5) is 0. The lowest BCUT2D eigenvalue weighted by Gasteiger charge is -2.45. The van der Waals surface area contributed by atoms with Gasteiger partial charge >= 0.3 is 0 Å². The fraction of sp³-hybridized carbons (Fsp3) is 0.478. The molecule has 162 valence electrons. The van der Waals surface area contributed by atoms with Crippen LogP contribution in [0.2, 0.25) is 0 Å². The Morgan fingerprint density at radius 2 is 1.57 bits per heavy atom. The molecule has 0 radical (unpaired) electrons. The number of rotatable bonds is 6. The van der Waals surface area contributed by atoms with Gasteiger partial charge in [0.25, 0.3) is 0 Å². The van der Waals surface area contributed by atoms with Crippen molar-refractivity contribution in [2.45, 2.75) is 32.5 Å². The molecule has 2 aromatic rings. The highest BCUT2D eigenvalue weighted by Crippen LogP contribution is 2.54. The Hall–Kier alpha value is -2.80. The summed E-state index contributed by atoms with van der Waals surface area (Å²) < 4.78 is 40.3. The fourth-order valence-corrected chi connectivity index (χ4v) is 4.35. The average molecular weight is 416 g/mol. The van der Waals surface area contributed by atoms with Crippen LogP contribution in [0.1, 0.15) is 37.8 Å². The van der Waals surface area contributed by atoms with Gasteiger partial charge < -0.3 is 33.2 Å². The highest BCUT2D eigenvalue weighted by molar-refractivity contribution is 5.60. The topological polar surface area (TPSA) is 64.6 Å². The zero-order valence-corrected chi connectivity index (χ0v) is 18.2. The SMILES string of the molecule is CCO[C@]1(C)Oc2cc3c(cc2[C@@H](c2cc(OC)c(OC)c(OC)c2)[C@@H]1C)OCO3. The maximum atomic E-state index is 6.36. The molecule has 2 heterocycles. The largest absolute Gasteiger partial charge is 0.493 e. The second-order valence-electron chi connectivity index (χ2n) is 7.52. The monoisotopic (exact) mass is 416 g/mol. The van der Waals surface area contributed by atoms with Crippen molar-refractivity contribution >= 4 is 0 Å². The summed E-state index contributed by atoms with van der Waals surface area (Å²) in [7, 11) is 4.83. The molecule has 7 heteroatoms. The molecule has 0 N–H and O–H groups in total. The molecular formula is C23H28O7. The van der Waals surface area contributed by atoms with Crippen molar-refractivity contribution in [3.63, 3.8) is 0 Å². The molecular weight excluding hydrogens is 388 g/mol. The molecule has 0 amide bonds. The van der Waals surface area contributed by atoms with E-state index in [0.717, 1.165) is 11.1 Å². The van der Waals surface area contributed by atoms with Crippen molar-refractivity contribution in [3.8, 4) is 34.5 Å². The third-order valence-corrected chi connectivity index (χ3v) is 5.96. The molecule has 0 spiro atoms. The molecule has 0 bridgehead atoms. The quantitative estimate of drug-likeness (QED) is 0.693. The Morgan fingerprint density at radius 1 is 0.933 bits per heavy atom. The zero-order chi connectivity index (χ0) is 21.5. The second-order valence-corrected chi connectivity index (χ2v) is 7.52. The normalized spacial score (nSPS) is 24.1. The van der Waals surface area contributed by atoms with Gasteiger partial charge in [0.05, 0.1) is 21.3 Å². The molecule has 0 saturated heterocycles. The van der Waals surface area contributed by atoms with Gasteiger partial charge in [-0.15, -0.1) is 0 Å². The van der Waals surface area contributed by atoms with Crippen molar-refractivity contribution in [2.75, 3.05) is 34.7 Å². The lowest BCUT2D eigenvalue weighted by Crippen LogP contribution is -2.48. The highest BCUT2D eigenvalue weighted by Gasteiger charge is 2.47. The Kier molecular flexibility index (Phi) is 5.32. The van der Waals surface area contributed by atoms with Crippen LogP contribution in [0.3, 0.4) is 0 Å². The maximum Gasteiger partial charge on any atom is 0.231 e. The summed E-state index contributed by atoms with van der Waals surface area (Å²) in [5, 5.41) is 0. The van der Waals surface area contributed by atoms with Crippen molar-refractivity contribution in [1.82, 2.24) is 0 Å². The number of methoxy groups -OCH3 is 3. The molecule has 2 aliphatic rings. The number of benzene rings is 2. The smallest absolute Gasteiger partial charge is 0.231 e. The Morgan fingerprint density at radius 3 is 2.13 bits per heavy atom. The van der Waals surface area contributed by atoms with Gasteiger partial charge in [-0.2, -0.15) is 0 Å². The van der Waals surface area contributed by atoms with E-state index in [0.29, 0.717) is 41.1 Å². The van der Waals surface area contributed by atoms with Crippen LogP contribution in [-0.4, -0.2) is 40.5 Å². The number of fused-ring (bicyclic) bond motifs is 2. The molecule has 2 aliphatic heterocycles. The highest BCUT2D eigenvalue weighted by atomic mass is 16.7. The number of hydrogen-bond acceptors (Lipinski definition) is 7. The third kappa shape index (κ3) is 3.17. The molecule has 0 saturated carbocycles. The van der Waals surface area contributed by atoms with Gasteiger partial charge in [0, 0.05) is 37.0 Å². The van der Waals surface area contributed by atoms with Crippen LogP contribution < -0.4 is 28.4 Å². The van der Waals surface area contributed by atoms with Crippen LogP contribution in [0, 0.1) is 5.92 Å². The Labute approximate surface area is 176 Å². The number of ether oxygens (including phenoxy) is 7. The predicted octanol–water partition coefficient (Wildman–Crippen LogP) is 4.35. The molecule has 0 fully saturated rings.